The molecule has 1 aliphatic rings. The van der Waals surface area contributed by atoms with E-state index < -0.39 is 0 Å². The minimum absolute atomic E-state index is 0.223. The number of piperazine rings is 1. The first-order valence-electron chi connectivity index (χ1n) is 10.1. The van der Waals surface area contributed by atoms with Crippen LogP contribution in [0.4, 0.5) is 0 Å². The molecule has 0 bridgehead atoms. The number of ether oxygens (including phenoxy) is 2. The van der Waals surface area contributed by atoms with Crippen molar-refractivity contribution in [1.29, 1.82) is 0 Å². The van der Waals surface area contributed by atoms with Gasteiger partial charge in [0.25, 0.3) is 0 Å². The minimum atomic E-state index is 0.223. The maximum absolute atomic E-state index is 9.56. The molecule has 1 unspecified atom stereocenters. The summed E-state index contributed by atoms with van der Waals surface area (Å²) < 4.78 is 11.1. The molecule has 2 aromatic rings. The second-order valence-electron chi connectivity index (χ2n) is 7.28. The van der Waals surface area contributed by atoms with Crippen molar-refractivity contribution in [3.8, 4) is 11.5 Å². The van der Waals surface area contributed by atoms with Crippen LogP contribution in [0.3, 0.4) is 0 Å². The van der Waals surface area contributed by atoms with Crippen molar-refractivity contribution in [2.75, 3.05) is 40.0 Å². The summed E-state index contributed by atoms with van der Waals surface area (Å²) in [5, 5.41) is 9.56. The summed E-state index contributed by atoms with van der Waals surface area (Å²) in [5.74, 6) is 1.58. The molecule has 152 valence electrons. The summed E-state index contributed by atoms with van der Waals surface area (Å²) >= 11 is 0. The third kappa shape index (κ3) is 5.47. The highest BCUT2D eigenvalue weighted by Gasteiger charge is 2.26. The number of aliphatic hydroxyl groups is 1. The van der Waals surface area contributed by atoms with Gasteiger partial charge in [-0.3, -0.25) is 9.80 Å². The predicted octanol–water partition coefficient (Wildman–Crippen LogP) is 3.16. The minimum Gasteiger partial charge on any atom is -0.493 e. The summed E-state index contributed by atoms with van der Waals surface area (Å²) in [4.78, 5) is 4.97. The van der Waals surface area contributed by atoms with Crippen LogP contribution in [0.5, 0.6) is 11.5 Å². The summed E-state index contributed by atoms with van der Waals surface area (Å²) in [5.41, 5.74) is 2.55. The number of hydrogen-bond donors (Lipinski definition) is 1. The summed E-state index contributed by atoms with van der Waals surface area (Å²) in [6, 6.07) is 17.1. The Morgan fingerprint density at radius 3 is 2.54 bits per heavy atom. The summed E-state index contributed by atoms with van der Waals surface area (Å²) in [6.07, 6.45) is 0.802. The molecule has 1 saturated heterocycles. The van der Waals surface area contributed by atoms with Gasteiger partial charge in [-0.25, -0.2) is 0 Å². The first-order valence-corrected chi connectivity index (χ1v) is 10.1. The van der Waals surface area contributed by atoms with E-state index in [9.17, 15) is 5.11 Å². The lowest BCUT2D eigenvalue weighted by atomic mass is 10.1. The molecule has 3 rings (SSSR count). The van der Waals surface area contributed by atoms with Gasteiger partial charge in [-0.1, -0.05) is 36.4 Å². The number of benzene rings is 2. The second kappa shape index (κ2) is 10.5. The van der Waals surface area contributed by atoms with Gasteiger partial charge in [-0.05, 0) is 36.6 Å². The van der Waals surface area contributed by atoms with E-state index >= 15 is 0 Å². The average Bonchev–Trinajstić information content (AvgIpc) is 2.71. The molecule has 0 amide bonds. The number of rotatable bonds is 9. The Morgan fingerprint density at radius 1 is 1.00 bits per heavy atom. The van der Waals surface area contributed by atoms with Gasteiger partial charge in [0.1, 0.15) is 0 Å². The van der Waals surface area contributed by atoms with E-state index in [4.69, 9.17) is 9.47 Å². The van der Waals surface area contributed by atoms with Crippen LogP contribution in [0.25, 0.3) is 0 Å². The molecule has 1 atom stereocenters. The van der Waals surface area contributed by atoms with Gasteiger partial charge in [0.2, 0.25) is 0 Å². The van der Waals surface area contributed by atoms with E-state index in [1.165, 1.54) is 11.1 Å². The van der Waals surface area contributed by atoms with Crippen LogP contribution in [0, 0.1) is 0 Å². The Hall–Kier alpha value is -2.08. The Kier molecular flexibility index (Phi) is 7.71. The van der Waals surface area contributed by atoms with E-state index in [1.807, 2.05) is 13.0 Å². The van der Waals surface area contributed by atoms with Crippen molar-refractivity contribution in [3.63, 3.8) is 0 Å². The quantitative estimate of drug-likeness (QED) is 0.720. The van der Waals surface area contributed by atoms with Crippen molar-refractivity contribution >= 4 is 0 Å². The van der Waals surface area contributed by atoms with Gasteiger partial charge in [0, 0.05) is 45.4 Å². The second-order valence-corrected chi connectivity index (χ2v) is 7.28. The van der Waals surface area contributed by atoms with Crippen molar-refractivity contribution in [2.24, 2.45) is 0 Å². The lowest BCUT2D eigenvalue weighted by Gasteiger charge is -2.41. The fraction of sp³-hybridized carbons (Fsp3) is 0.478. The van der Waals surface area contributed by atoms with Crippen molar-refractivity contribution in [2.45, 2.75) is 32.5 Å². The van der Waals surface area contributed by atoms with Crippen LogP contribution in [-0.4, -0.2) is 60.9 Å². The van der Waals surface area contributed by atoms with Crippen molar-refractivity contribution in [1.82, 2.24) is 9.80 Å². The predicted molar refractivity (Wildman–Crippen MR) is 112 cm³/mol. The monoisotopic (exact) mass is 384 g/mol. The molecule has 28 heavy (non-hydrogen) atoms. The van der Waals surface area contributed by atoms with E-state index in [-0.39, 0.29) is 6.61 Å². The number of hydrogen-bond acceptors (Lipinski definition) is 5. The van der Waals surface area contributed by atoms with Gasteiger partial charge < -0.3 is 14.6 Å². The highest BCUT2D eigenvalue weighted by molar-refractivity contribution is 5.43. The summed E-state index contributed by atoms with van der Waals surface area (Å²) in [6.45, 7) is 7.64. The fourth-order valence-corrected chi connectivity index (χ4v) is 3.90. The molecule has 0 saturated carbocycles. The maximum Gasteiger partial charge on any atom is 0.161 e. The Labute approximate surface area is 168 Å². The van der Waals surface area contributed by atoms with Gasteiger partial charge in [0.15, 0.2) is 11.5 Å². The standard InChI is InChI=1S/C23H32N2O3/c1-3-28-23-15-20(9-10-22(23)27-2)16-24-12-13-25(21(18-24)11-14-26)17-19-7-5-4-6-8-19/h4-10,15,21,26H,3,11-14,16-18H2,1-2H3. The van der Waals surface area contributed by atoms with Gasteiger partial charge in [-0.15, -0.1) is 0 Å². The Balaban J connectivity index is 1.64. The fourth-order valence-electron chi connectivity index (χ4n) is 3.90. The molecule has 0 radical (unpaired) electrons. The molecule has 0 aliphatic carbocycles. The van der Waals surface area contributed by atoms with Crippen LogP contribution in [0.15, 0.2) is 48.5 Å². The van der Waals surface area contributed by atoms with E-state index in [0.29, 0.717) is 12.6 Å². The highest BCUT2D eigenvalue weighted by Crippen LogP contribution is 2.29. The van der Waals surface area contributed by atoms with Crippen LogP contribution < -0.4 is 9.47 Å². The molecule has 1 N–H and O–H groups in total. The number of methoxy groups -OCH3 is 1. The molecule has 1 aliphatic heterocycles. The maximum atomic E-state index is 9.56. The number of aliphatic hydroxyl groups excluding tert-OH is 1. The zero-order valence-corrected chi connectivity index (χ0v) is 17.0. The topological polar surface area (TPSA) is 45.2 Å². The molecule has 5 nitrogen and oxygen atoms in total. The van der Waals surface area contributed by atoms with Crippen LogP contribution in [-0.2, 0) is 13.1 Å². The molecular formula is C23H32N2O3. The normalized spacial score (nSPS) is 18.2. The van der Waals surface area contributed by atoms with E-state index in [0.717, 1.165) is 50.6 Å². The SMILES string of the molecule is CCOc1cc(CN2CCN(Cc3ccccc3)C(CCO)C2)ccc1OC. The van der Waals surface area contributed by atoms with E-state index in [1.54, 1.807) is 7.11 Å². The van der Waals surface area contributed by atoms with Gasteiger partial charge in [-0.2, -0.15) is 0 Å². The Morgan fingerprint density at radius 2 is 1.82 bits per heavy atom. The van der Waals surface area contributed by atoms with Crippen LogP contribution >= 0.6 is 0 Å². The zero-order chi connectivity index (χ0) is 19.8. The first kappa shape index (κ1) is 20.6. The zero-order valence-electron chi connectivity index (χ0n) is 17.0. The number of nitrogens with zero attached hydrogens (tertiary/aromatic N) is 2. The first-order chi connectivity index (χ1) is 13.7. The molecule has 1 heterocycles. The molecule has 5 heteroatoms. The smallest absolute Gasteiger partial charge is 0.161 e. The van der Waals surface area contributed by atoms with Gasteiger partial charge in [0.05, 0.1) is 13.7 Å². The molecule has 0 spiro atoms. The van der Waals surface area contributed by atoms with Crippen molar-refractivity contribution < 1.29 is 14.6 Å². The molecule has 0 aromatic heterocycles. The third-order valence-corrected chi connectivity index (χ3v) is 5.31. The Bertz CT molecular complexity index is 723. The average molecular weight is 385 g/mol. The lowest BCUT2D eigenvalue weighted by molar-refractivity contribution is 0.0499. The third-order valence-electron chi connectivity index (χ3n) is 5.31. The summed E-state index contributed by atoms with van der Waals surface area (Å²) in [7, 11) is 1.67. The highest BCUT2D eigenvalue weighted by atomic mass is 16.5. The van der Waals surface area contributed by atoms with Crippen LogP contribution in [0.1, 0.15) is 24.5 Å². The molecular weight excluding hydrogens is 352 g/mol. The van der Waals surface area contributed by atoms with Crippen molar-refractivity contribution in [3.05, 3.63) is 59.7 Å². The molecule has 1 fully saturated rings. The van der Waals surface area contributed by atoms with E-state index in [2.05, 4.69) is 52.3 Å². The van der Waals surface area contributed by atoms with Crippen LogP contribution in [0.2, 0.25) is 0 Å². The van der Waals surface area contributed by atoms with Gasteiger partial charge >= 0.3 is 0 Å². The lowest BCUT2D eigenvalue weighted by Crippen LogP contribution is -2.52. The molecule has 2 aromatic carbocycles. The largest absolute Gasteiger partial charge is 0.493 e.